The van der Waals surface area contributed by atoms with Gasteiger partial charge in [0, 0.05) is 25.2 Å². The van der Waals surface area contributed by atoms with Crippen LogP contribution in [0.2, 0.25) is 0 Å². The van der Waals surface area contributed by atoms with Gasteiger partial charge in [-0.2, -0.15) is 0 Å². The van der Waals surface area contributed by atoms with Crippen LogP contribution in [0.15, 0.2) is 18.3 Å². The lowest BCUT2D eigenvalue weighted by Crippen LogP contribution is -2.45. The molecule has 1 amide bonds. The summed E-state index contributed by atoms with van der Waals surface area (Å²) in [5, 5.41) is 2.93. The lowest BCUT2D eigenvalue weighted by molar-refractivity contribution is -0.121. The summed E-state index contributed by atoms with van der Waals surface area (Å²) in [7, 11) is 1.77. The monoisotopic (exact) mass is 367 g/mol. The Kier molecular flexibility index (Phi) is 4.95. The number of nitrogens with zero attached hydrogens (tertiary/aromatic N) is 4. The molecule has 0 saturated heterocycles. The van der Waals surface area contributed by atoms with Gasteiger partial charge in [0.25, 0.3) is 0 Å². The van der Waals surface area contributed by atoms with Crippen LogP contribution in [0.25, 0.3) is 11.5 Å². The molecule has 0 radical (unpaired) electrons. The molecule has 1 aliphatic carbocycles. The van der Waals surface area contributed by atoms with Crippen molar-refractivity contribution in [1.29, 1.82) is 0 Å². The molecule has 7 heteroatoms. The first-order valence-corrected chi connectivity index (χ1v) is 9.03. The van der Waals surface area contributed by atoms with E-state index in [2.05, 4.69) is 20.3 Å². The largest absolute Gasteiger partial charge is 0.350 e. The second-order valence-corrected chi connectivity index (χ2v) is 7.99. The van der Waals surface area contributed by atoms with E-state index in [1.54, 1.807) is 18.1 Å². The Bertz CT molecular complexity index is 902. The minimum Gasteiger partial charge on any atom is -0.350 e. The lowest BCUT2D eigenvalue weighted by Gasteiger charge is -2.25. The predicted molar refractivity (Wildman–Crippen MR) is 104 cm³/mol. The lowest BCUT2D eigenvalue weighted by atomic mass is 10.1. The molecule has 3 rings (SSSR count). The Morgan fingerprint density at radius 1 is 1.26 bits per heavy atom. The van der Waals surface area contributed by atoms with Crippen LogP contribution < -0.4 is 10.2 Å². The Morgan fingerprint density at radius 3 is 2.67 bits per heavy atom. The molecule has 1 aliphatic rings. The average molecular weight is 367 g/mol. The molecule has 2 aromatic heterocycles. The SMILES string of the molecule is Cc1ccnc(-c2nc3c(c(N(C)CC(=O)NC(C)(C)C)n2)C(=O)CC3)c1. The smallest absolute Gasteiger partial charge is 0.239 e. The van der Waals surface area contributed by atoms with Crippen molar-refractivity contribution >= 4 is 17.5 Å². The third kappa shape index (κ3) is 4.30. The third-order valence-electron chi connectivity index (χ3n) is 4.23. The molecule has 0 aromatic carbocycles. The van der Waals surface area contributed by atoms with Crippen LogP contribution in [0.4, 0.5) is 5.82 Å². The molecule has 7 nitrogen and oxygen atoms in total. The molecule has 0 unspecified atom stereocenters. The third-order valence-corrected chi connectivity index (χ3v) is 4.23. The van der Waals surface area contributed by atoms with Crippen molar-refractivity contribution in [1.82, 2.24) is 20.3 Å². The number of rotatable bonds is 4. The van der Waals surface area contributed by atoms with Crippen LogP contribution in [0.3, 0.4) is 0 Å². The number of amides is 1. The van der Waals surface area contributed by atoms with Crippen LogP contribution in [0.5, 0.6) is 0 Å². The minimum absolute atomic E-state index is 0.0202. The summed E-state index contributed by atoms with van der Waals surface area (Å²) in [5.41, 5.74) is 2.65. The van der Waals surface area contributed by atoms with E-state index in [1.165, 1.54) is 0 Å². The standard InChI is InChI=1S/C20H25N5O2/c1-12-8-9-21-14(10-12)18-22-13-6-7-15(26)17(13)19(23-18)25(5)11-16(27)24-20(2,3)4/h8-10H,6-7,11H2,1-5H3,(H,24,27). The Morgan fingerprint density at radius 2 is 2.00 bits per heavy atom. The number of nitrogens with one attached hydrogen (secondary N) is 1. The van der Waals surface area contributed by atoms with Crippen molar-refractivity contribution in [3.8, 4) is 11.5 Å². The van der Waals surface area contributed by atoms with E-state index in [4.69, 9.17) is 0 Å². The predicted octanol–water partition coefficient (Wildman–Crippen LogP) is 2.33. The second kappa shape index (κ2) is 7.06. The molecule has 0 aliphatic heterocycles. The van der Waals surface area contributed by atoms with Gasteiger partial charge in [-0.25, -0.2) is 9.97 Å². The number of hydrogen-bond donors (Lipinski definition) is 1. The molecule has 27 heavy (non-hydrogen) atoms. The number of aromatic nitrogens is 3. The van der Waals surface area contributed by atoms with Gasteiger partial charge in [-0.1, -0.05) is 0 Å². The van der Waals surface area contributed by atoms with Crippen molar-refractivity contribution in [2.24, 2.45) is 0 Å². The fraction of sp³-hybridized carbons (Fsp3) is 0.450. The first-order chi connectivity index (χ1) is 12.6. The summed E-state index contributed by atoms with van der Waals surface area (Å²) in [4.78, 5) is 40.0. The maximum atomic E-state index is 12.4. The zero-order chi connectivity index (χ0) is 19.8. The van der Waals surface area contributed by atoms with Gasteiger partial charge >= 0.3 is 0 Å². The molecule has 0 atom stereocenters. The summed E-state index contributed by atoms with van der Waals surface area (Å²) in [6, 6.07) is 3.82. The number of ketones is 1. The molecule has 0 bridgehead atoms. The van der Waals surface area contributed by atoms with Gasteiger partial charge in [0.2, 0.25) is 5.91 Å². The Labute approximate surface area is 159 Å². The number of carbonyl (C=O) groups excluding carboxylic acids is 2. The fourth-order valence-electron chi connectivity index (χ4n) is 3.11. The topological polar surface area (TPSA) is 88.1 Å². The van der Waals surface area contributed by atoms with Crippen LogP contribution in [-0.2, 0) is 11.2 Å². The molecule has 2 aromatic rings. The first-order valence-electron chi connectivity index (χ1n) is 9.03. The number of aryl methyl sites for hydroxylation is 2. The van der Waals surface area contributed by atoms with E-state index in [0.717, 1.165) is 11.3 Å². The minimum atomic E-state index is -0.321. The van der Waals surface area contributed by atoms with E-state index in [9.17, 15) is 9.59 Å². The summed E-state index contributed by atoms with van der Waals surface area (Å²) >= 11 is 0. The Hall–Kier alpha value is -2.83. The molecule has 1 N–H and O–H groups in total. The summed E-state index contributed by atoms with van der Waals surface area (Å²) in [6.45, 7) is 7.87. The van der Waals surface area contributed by atoms with Gasteiger partial charge in [0.05, 0.1) is 17.8 Å². The molecular weight excluding hydrogens is 342 g/mol. The number of carbonyl (C=O) groups is 2. The number of Topliss-reactive ketones (excluding diaryl/α,β-unsaturated/α-hetero) is 1. The van der Waals surface area contributed by atoms with Gasteiger partial charge in [0.15, 0.2) is 11.6 Å². The van der Waals surface area contributed by atoms with Crippen molar-refractivity contribution in [3.63, 3.8) is 0 Å². The number of hydrogen-bond acceptors (Lipinski definition) is 6. The van der Waals surface area contributed by atoms with Gasteiger partial charge in [-0.05, 0) is 51.8 Å². The number of anilines is 1. The van der Waals surface area contributed by atoms with E-state index >= 15 is 0 Å². The quantitative estimate of drug-likeness (QED) is 0.892. The normalized spacial score (nSPS) is 13.4. The highest BCUT2D eigenvalue weighted by molar-refractivity contribution is 6.04. The van der Waals surface area contributed by atoms with Crippen molar-refractivity contribution in [2.45, 2.75) is 46.1 Å². The maximum Gasteiger partial charge on any atom is 0.239 e. The van der Waals surface area contributed by atoms with Gasteiger partial charge in [-0.15, -0.1) is 0 Å². The first kappa shape index (κ1) is 18.9. The number of fused-ring (bicyclic) bond motifs is 1. The number of pyridine rings is 1. The molecule has 0 spiro atoms. The molecule has 2 heterocycles. The van der Waals surface area contributed by atoms with Crippen LogP contribution >= 0.6 is 0 Å². The van der Waals surface area contributed by atoms with Crippen LogP contribution in [-0.4, -0.2) is 45.8 Å². The van der Waals surface area contributed by atoms with E-state index < -0.39 is 0 Å². The van der Waals surface area contributed by atoms with Gasteiger partial charge in [0.1, 0.15) is 11.5 Å². The van der Waals surface area contributed by atoms with Gasteiger partial charge < -0.3 is 10.2 Å². The maximum absolute atomic E-state index is 12.4. The number of likely N-dealkylation sites (N-methyl/N-ethyl adjacent to an activating group) is 1. The highest BCUT2D eigenvalue weighted by Gasteiger charge is 2.29. The molecule has 0 saturated carbocycles. The zero-order valence-electron chi connectivity index (χ0n) is 16.5. The highest BCUT2D eigenvalue weighted by Crippen LogP contribution is 2.30. The van der Waals surface area contributed by atoms with Crippen LogP contribution in [0.1, 0.15) is 48.8 Å². The zero-order valence-corrected chi connectivity index (χ0v) is 16.5. The molecule has 142 valence electrons. The van der Waals surface area contributed by atoms with E-state index in [1.807, 2.05) is 39.8 Å². The summed E-state index contributed by atoms with van der Waals surface area (Å²) in [5.74, 6) is 0.861. The molecular formula is C20H25N5O2. The Balaban J connectivity index is 1.98. The van der Waals surface area contributed by atoms with Crippen LogP contribution in [0, 0.1) is 6.92 Å². The second-order valence-electron chi connectivity index (χ2n) is 7.99. The van der Waals surface area contributed by atoms with Crippen molar-refractivity contribution in [2.75, 3.05) is 18.5 Å². The van der Waals surface area contributed by atoms with Crippen molar-refractivity contribution < 1.29 is 9.59 Å². The summed E-state index contributed by atoms with van der Waals surface area (Å²) in [6.07, 6.45) is 2.72. The fourth-order valence-corrected chi connectivity index (χ4v) is 3.11. The van der Waals surface area contributed by atoms with Gasteiger partial charge in [-0.3, -0.25) is 14.6 Å². The van der Waals surface area contributed by atoms with E-state index in [0.29, 0.717) is 35.7 Å². The highest BCUT2D eigenvalue weighted by atomic mass is 16.2. The van der Waals surface area contributed by atoms with E-state index in [-0.39, 0.29) is 23.8 Å². The van der Waals surface area contributed by atoms with Crippen molar-refractivity contribution in [3.05, 3.63) is 35.2 Å². The average Bonchev–Trinajstić information content (AvgIpc) is 2.93. The molecule has 0 fully saturated rings. The summed E-state index contributed by atoms with van der Waals surface area (Å²) < 4.78 is 0.